The lowest BCUT2D eigenvalue weighted by Crippen LogP contribution is -2.59. The van der Waals surface area contributed by atoms with Crippen LogP contribution in [0.25, 0.3) is 4.85 Å². The fourth-order valence-corrected chi connectivity index (χ4v) is 5.48. The molecule has 1 saturated carbocycles. The first-order valence-corrected chi connectivity index (χ1v) is 13.1. The lowest BCUT2D eigenvalue weighted by molar-refractivity contribution is -0.139. The first-order chi connectivity index (χ1) is 17.8. The number of halogens is 1. The van der Waals surface area contributed by atoms with Crippen LogP contribution in [-0.2, 0) is 24.6 Å². The SMILES string of the molecule is C#[N+][C@@H]1C[C@@]2(CN1C(=O)[C@H](CC(C)C)NC(=O)[C@@H](NC(=O)C1CC1F)C(C)(C)C)C(=O)Nc1ccccc12. The normalized spacial score (nSPS) is 27.4. The topological polar surface area (TPSA) is 112 Å². The molecule has 1 saturated heterocycles. The van der Waals surface area contributed by atoms with Gasteiger partial charge in [-0.1, -0.05) is 57.7 Å². The van der Waals surface area contributed by atoms with E-state index in [2.05, 4.69) is 20.8 Å². The van der Waals surface area contributed by atoms with Crippen molar-refractivity contribution >= 4 is 29.3 Å². The number of carbonyl (C=O) groups is 4. The standard InChI is InChI=1S/C28H36FN5O4/c1-15(2)11-20(31-24(36)22(27(3,4)5)33-23(35)16-12-18(16)29)25(37)34-14-28(13-21(34)30-6)17-9-7-8-10-19(17)32-26(28)38/h6-10,15-16,18,20-22H,11-14H2,1-5H3,(H2-,31,32,33,35,36,38)/p+1/t16?,18?,20-,21-,22+,28-/m0/s1. The van der Waals surface area contributed by atoms with E-state index in [0.29, 0.717) is 12.1 Å². The Bertz CT molecular complexity index is 1190. The Morgan fingerprint density at radius 1 is 1.24 bits per heavy atom. The molecule has 2 fully saturated rings. The molecule has 1 aromatic rings. The van der Waals surface area contributed by atoms with Crippen molar-refractivity contribution in [2.24, 2.45) is 17.3 Å². The minimum Gasteiger partial charge on any atom is -0.343 e. The third-order valence-corrected chi connectivity index (χ3v) is 7.70. The number of carbonyl (C=O) groups excluding carboxylic acids is 4. The number of para-hydroxylation sites is 1. The van der Waals surface area contributed by atoms with E-state index in [1.54, 1.807) is 20.8 Å². The summed E-state index contributed by atoms with van der Waals surface area (Å²) in [5, 5.41) is 8.42. The summed E-state index contributed by atoms with van der Waals surface area (Å²) in [7, 11) is 0. The Balaban J connectivity index is 1.57. The van der Waals surface area contributed by atoms with Crippen molar-refractivity contribution in [1.29, 1.82) is 0 Å². The van der Waals surface area contributed by atoms with Crippen LogP contribution in [0.2, 0.25) is 0 Å². The summed E-state index contributed by atoms with van der Waals surface area (Å²) in [5.41, 5.74) is -0.185. The minimum absolute atomic E-state index is 0.0472. The second kappa shape index (κ2) is 10.0. The molecular weight excluding hydrogens is 489 g/mol. The molecule has 38 heavy (non-hydrogen) atoms. The Kier molecular flexibility index (Phi) is 7.26. The molecule has 1 spiro atoms. The van der Waals surface area contributed by atoms with Crippen LogP contribution in [0.3, 0.4) is 0 Å². The van der Waals surface area contributed by atoms with Crippen molar-refractivity contribution in [3.8, 4) is 6.57 Å². The zero-order valence-corrected chi connectivity index (χ0v) is 22.6. The fourth-order valence-electron chi connectivity index (χ4n) is 5.48. The quantitative estimate of drug-likeness (QED) is 0.507. The lowest BCUT2D eigenvalue weighted by atomic mass is 9.80. The second-order valence-electron chi connectivity index (χ2n) is 12.2. The summed E-state index contributed by atoms with van der Waals surface area (Å²) in [6.45, 7) is 15.0. The highest BCUT2D eigenvalue weighted by atomic mass is 19.1. The van der Waals surface area contributed by atoms with E-state index in [1.807, 2.05) is 38.1 Å². The van der Waals surface area contributed by atoms with E-state index >= 15 is 0 Å². The van der Waals surface area contributed by atoms with Crippen LogP contribution in [0.1, 0.15) is 59.4 Å². The molecule has 1 aromatic carbocycles. The van der Waals surface area contributed by atoms with Crippen molar-refractivity contribution in [1.82, 2.24) is 15.5 Å². The average molecular weight is 527 g/mol. The number of alkyl halides is 1. The number of nitrogens with zero attached hydrogens (tertiary/aromatic N) is 2. The van der Waals surface area contributed by atoms with Gasteiger partial charge in [0.25, 0.3) is 12.5 Å². The molecule has 3 N–H and O–H groups in total. The molecule has 9 nitrogen and oxygen atoms in total. The van der Waals surface area contributed by atoms with Gasteiger partial charge in [0.2, 0.25) is 17.7 Å². The van der Waals surface area contributed by atoms with E-state index in [9.17, 15) is 23.6 Å². The van der Waals surface area contributed by atoms with E-state index in [1.165, 1.54) is 4.90 Å². The average Bonchev–Trinajstić information content (AvgIpc) is 3.34. The summed E-state index contributed by atoms with van der Waals surface area (Å²) in [6, 6.07) is 5.44. The summed E-state index contributed by atoms with van der Waals surface area (Å²) in [6.07, 6.45) is -1.23. The predicted octanol–water partition coefficient (Wildman–Crippen LogP) is 2.82. The molecule has 4 rings (SSSR count). The summed E-state index contributed by atoms with van der Waals surface area (Å²) in [5.74, 6) is -2.34. The number of anilines is 1. The van der Waals surface area contributed by atoms with Crippen molar-refractivity contribution in [2.45, 2.75) is 83.7 Å². The Labute approximate surface area is 222 Å². The molecular formula is C28H37FN5O4+. The van der Waals surface area contributed by atoms with Gasteiger partial charge in [-0.2, -0.15) is 0 Å². The molecule has 2 unspecified atom stereocenters. The van der Waals surface area contributed by atoms with E-state index < -0.39 is 58.9 Å². The predicted molar refractivity (Wildman–Crippen MR) is 141 cm³/mol. The molecule has 2 aliphatic heterocycles. The second-order valence-corrected chi connectivity index (χ2v) is 12.2. The molecule has 6 atom stereocenters. The number of rotatable bonds is 7. The van der Waals surface area contributed by atoms with Crippen LogP contribution in [0.15, 0.2) is 24.3 Å². The third-order valence-electron chi connectivity index (χ3n) is 7.70. The van der Waals surface area contributed by atoms with Crippen molar-refractivity contribution in [2.75, 3.05) is 11.9 Å². The number of benzene rings is 1. The van der Waals surface area contributed by atoms with Crippen LogP contribution < -0.4 is 16.0 Å². The summed E-state index contributed by atoms with van der Waals surface area (Å²) < 4.78 is 13.5. The highest BCUT2D eigenvalue weighted by Crippen LogP contribution is 2.46. The van der Waals surface area contributed by atoms with Gasteiger partial charge in [-0.05, 0) is 35.8 Å². The maximum absolute atomic E-state index is 13.9. The van der Waals surface area contributed by atoms with Crippen LogP contribution in [-0.4, -0.2) is 59.5 Å². The Morgan fingerprint density at radius 3 is 2.47 bits per heavy atom. The van der Waals surface area contributed by atoms with Gasteiger partial charge in [-0.15, -0.1) is 0 Å². The highest BCUT2D eigenvalue weighted by Gasteiger charge is 2.60. The van der Waals surface area contributed by atoms with Crippen LogP contribution in [0.4, 0.5) is 10.1 Å². The summed E-state index contributed by atoms with van der Waals surface area (Å²) in [4.78, 5) is 58.4. The van der Waals surface area contributed by atoms with Gasteiger partial charge in [-0.3, -0.25) is 24.1 Å². The van der Waals surface area contributed by atoms with Gasteiger partial charge in [0.05, 0.1) is 12.3 Å². The maximum atomic E-state index is 13.9. The number of fused-ring (bicyclic) bond motifs is 2. The number of amides is 4. The van der Waals surface area contributed by atoms with E-state index in [-0.39, 0.29) is 31.2 Å². The van der Waals surface area contributed by atoms with Crippen LogP contribution in [0.5, 0.6) is 0 Å². The zero-order valence-electron chi connectivity index (χ0n) is 22.6. The number of nitrogens with one attached hydrogen (secondary N) is 3. The third kappa shape index (κ3) is 5.11. The van der Waals surface area contributed by atoms with E-state index in [0.717, 1.165) is 5.56 Å². The molecule has 0 aromatic heterocycles. The lowest BCUT2D eigenvalue weighted by Gasteiger charge is -2.33. The highest BCUT2D eigenvalue weighted by molar-refractivity contribution is 6.07. The Morgan fingerprint density at radius 2 is 1.89 bits per heavy atom. The fraction of sp³-hybridized carbons (Fsp3) is 0.607. The van der Waals surface area contributed by atoms with Gasteiger partial charge in [0.1, 0.15) is 23.7 Å². The van der Waals surface area contributed by atoms with Crippen molar-refractivity contribution in [3.05, 3.63) is 34.7 Å². The largest absolute Gasteiger partial charge is 0.350 e. The maximum Gasteiger partial charge on any atom is 0.350 e. The smallest absolute Gasteiger partial charge is 0.343 e. The van der Waals surface area contributed by atoms with Gasteiger partial charge in [-0.25, -0.2) is 4.39 Å². The first-order valence-electron chi connectivity index (χ1n) is 13.1. The van der Waals surface area contributed by atoms with Gasteiger partial charge in [0.15, 0.2) is 0 Å². The monoisotopic (exact) mass is 526 g/mol. The van der Waals surface area contributed by atoms with Crippen LogP contribution in [0, 0.1) is 23.8 Å². The Hall–Kier alpha value is -3.48. The van der Waals surface area contributed by atoms with Gasteiger partial charge in [0, 0.05) is 12.2 Å². The molecule has 1 aliphatic carbocycles. The zero-order chi connectivity index (χ0) is 28.0. The number of likely N-dealkylation sites (tertiary alicyclic amines) is 1. The molecule has 0 bridgehead atoms. The molecule has 0 radical (unpaired) electrons. The van der Waals surface area contributed by atoms with Crippen molar-refractivity contribution < 1.29 is 23.6 Å². The number of hydrogen-bond donors (Lipinski definition) is 3. The summed E-state index contributed by atoms with van der Waals surface area (Å²) >= 11 is 0. The number of hydrogen-bond acceptors (Lipinski definition) is 4. The molecule has 204 valence electrons. The first kappa shape index (κ1) is 27.6. The molecule has 2 heterocycles. The molecule has 4 amide bonds. The van der Waals surface area contributed by atoms with Crippen LogP contribution >= 0.6 is 0 Å². The van der Waals surface area contributed by atoms with Gasteiger partial charge >= 0.3 is 6.17 Å². The molecule has 10 heteroatoms. The van der Waals surface area contributed by atoms with Gasteiger partial charge < -0.3 is 16.0 Å². The minimum atomic E-state index is -1.19. The molecule has 3 aliphatic rings. The van der Waals surface area contributed by atoms with Crippen molar-refractivity contribution in [3.63, 3.8) is 0 Å². The van der Waals surface area contributed by atoms with E-state index in [4.69, 9.17) is 6.57 Å².